The van der Waals surface area contributed by atoms with Crippen LogP contribution in [0, 0.1) is 6.92 Å². The number of amides is 1. The molecule has 0 saturated carbocycles. The van der Waals surface area contributed by atoms with Gasteiger partial charge in [-0.3, -0.25) is 4.79 Å². The zero-order valence-electron chi connectivity index (χ0n) is 11.7. The molecule has 2 N–H and O–H groups in total. The Morgan fingerprint density at radius 1 is 1.50 bits per heavy atom. The molecule has 0 fully saturated rings. The molecule has 2 rings (SSSR count). The van der Waals surface area contributed by atoms with Gasteiger partial charge in [0.1, 0.15) is 0 Å². The number of hydrogen-bond donors (Lipinski definition) is 1. The van der Waals surface area contributed by atoms with E-state index in [1.165, 1.54) is 7.11 Å². The van der Waals surface area contributed by atoms with Crippen molar-refractivity contribution in [2.45, 2.75) is 13.5 Å². The predicted molar refractivity (Wildman–Crippen MR) is 80.1 cm³/mol. The molecule has 0 saturated heterocycles. The van der Waals surface area contributed by atoms with Gasteiger partial charge in [-0.2, -0.15) is 0 Å². The summed E-state index contributed by atoms with van der Waals surface area (Å²) in [5.74, 6) is 0.276. The van der Waals surface area contributed by atoms with Gasteiger partial charge in [0.15, 0.2) is 5.75 Å². The van der Waals surface area contributed by atoms with Crippen LogP contribution in [0.5, 0.6) is 5.75 Å². The predicted octanol–water partition coefficient (Wildman–Crippen LogP) is 2.31. The van der Waals surface area contributed by atoms with Crippen molar-refractivity contribution < 1.29 is 9.53 Å². The SMILES string of the molecule is COc1c(N)cccc1C(=O)N(C)Cc1csc(C)n1. The molecule has 106 valence electrons. The average molecular weight is 291 g/mol. The molecular weight excluding hydrogens is 274 g/mol. The van der Waals surface area contributed by atoms with Crippen LogP contribution in [0.1, 0.15) is 21.1 Å². The minimum absolute atomic E-state index is 0.139. The van der Waals surface area contributed by atoms with Crippen molar-refractivity contribution in [2.24, 2.45) is 0 Å². The third kappa shape index (κ3) is 2.91. The number of benzene rings is 1. The van der Waals surface area contributed by atoms with Crippen LogP contribution >= 0.6 is 11.3 Å². The summed E-state index contributed by atoms with van der Waals surface area (Å²) in [4.78, 5) is 18.4. The zero-order chi connectivity index (χ0) is 14.7. The number of methoxy groups -OCH3 is 1. The molecule has 6 heteroatoms. The number of anilines is 1. The number of nitrogens with two attached hydrogens (primary N) is 1. The number of nitrogen functional groups attached to an aromatic ring is 1. The lowest BCUT2D eigenvalue weighted by molar-refractivity contribution is 0.0780. The number of aryl methyl sites for hydroxylation is 1. The number of carbonyl (C=O) groups is 1. The molecule has 0 bridgehead atoms. The Labute approximate surface area is 122 Å². The Balaban J connectivity index is 2.20. The van der Waals surface area contributed by atoms with E-state index in [0.717, 1.165) is 10.7 Å². The minimum Gasteiger partial charge on any atom is -0.494 e. The van der Waals surface area contributed by atoms with Crippen LogP contribution in [-0.2, 0) is 6.54 Å². The summed E-state index contributed by atoms with van der Waals surface area (Å²) < 4.78 is 5.22. The summed E-state index contributed by atoms with van der Waals surface area (Å²) in [5, 5.41) is 2.94. The summed E-state index contributed by atoms with van der Waals surface area (Å²) in [5.41, 5.74) is 7.62. The van der Waals surface area contributed by atoms with Gasteiger partial charge in [-0.05, 0) is 19.1 Å². The van der Waals surface area contributed by atoms with Gasteiger partial charge in [-0.15, -0.1) is 11.3 Å². The highest BCUT2D eigenvalue weighted by Gasteiger charge is 2.18. The Kier molecular flexibility index (Phi) is 4.24. The van der Waals surface area contributed by atoms with Crippen LogP contribution in [0.3, 0.4) is 0 Å². The quantitative estimate of drug-likeness (QED) is 0.878. The van der Waals surface area contributed by atoms with Gasteiger partial charge in [-0.1, -0.05) is 6.07 Å². The van der Waals surface area contributed by atoms with Gasteiger partial charge < -0.3 is 15.4 Å². The Morgan fingerprint density at radius 2 is 2.25 bits per heavy atom. The summed E-state index contributed by atoms with van der Waals surface area (Å²) in [7, 11) is 3.24. The van der Waals surface area contributed by atoms with E-state index in [9.17, 15) is 4.79 Å². The van der Waals surface area contributed by atoms with E-state index in [4.69, 9.17) is 10.5 Å². The van der Waals surface area contributed by atoms with Crippen molar-refractivity contribution in [3.63, 3.8) is 0 Å². The van der Waals surface area contributed by atoms with Gasteiger partial charge in [-0.25, -0.2) is 4.98 Å². The highest BCUT2D eigenvalue weighted by molar-refractivity contribution is 7.09. The Hall–Kier alpha value is -2.08. The fourth-order valence-electron chi connectivity index (χ4n) is 1.95. The van der Waals surface area contributed by atoms with E-state index >= 15 is 0 Å². The molecule has 5 nitrogen and oxygen atoms in total. The molecular formula is C14H17N3O2S. The van der Waals surface area contributed by atoms with Crippen LogP contribution in [0.4, 0.5) is 5.69 Å². The number of nitrogens with zero attached hydrogens (tertiary/aromatic N) is 2. The second-order valence-electron chi connectivity index (χ2n) is 4.45. The molecule has 20 heavy (non-hydrogen) atoms. The first kappa shape index (κ1) is 14.3. The number of aromatic nitrogens is 1. The maximum absolute atomic E-state index is 12.5. The topological polar surface area (TPSA) is 68.5 Å². The highest BCUT2D eigenvalue weighted by Crippen LogP contribution is 2.27. The smallest absolute Gasteiger partial charge is 0.257 e. The van der Waals surface area contributed by atoms with Crippen molar-refractivity contribution in [1.29, 1.82) is 0 Å². The molecule has 1 aromatic heterocycles. The van der Waals surface area contributed by atoms with E-state index in [-0.39, 0.29) is 5.91 Å². The van der Waals surface area contributed by atoms with Gasteiger partial charge in [0.25, 0.3) is 5.91 Å². The van der Waals surface area contributed by atoms with Gasteiger partial charge in [0.2, 0.25) is 0 Å². The molecule has 2 aromatic rings. The van der Waals surface area contributed by atoms with Crippen LogP contribution in [0.25, 0.3) is 0 Å². The van der Waals surface area contributed by atoms with Crippen LogP contribution in [-0.4, -0.2) is 29.9 Å². The first-order valence-electron chi connectivity index (χ1n) is 6.12. The maximum atomic E-state index is 12.5. The molecule has 0 radical (unpaired) electrons. The van der Waals surface area contributed by atoms with Crippen molar-refractivity contribution in [2.75, 3.05) is 19.9 Å². The zero-order valence-corrected chi connectivity index (χ0v) is 12.5. The molecule has 0 aliphatic rings. The standard InChI is InChI=1S/C14H17N3O2S/c1-9-16-10(8-20-9)7-17(2)14(18)11-5-4-6-12(15)13(11)19-3/h4-6,8H,7,15H2,1-3H3. The van der Waals surface area contributed by atoms with Gasteiger partial charge >= 0.3 is 0 Å². The summed E-state index contributed by atoms with van der Waals surface area (Å²) >= 11 is 1.57. The van der Waals surface area contributed by atoms with Crippen LogP contribution < -0.4 is 10.5 Å². The Morgan fingerprint density at radius 3 is 2.85 bits per heavy atom. The molecule has 0 atom stereocenters. The first-order chi connectivity index (χ1) is 9.52. The number of ether oxygens (including phenoxy) is 1. The van der Waals surface area contributed by atoms with Crippen LogP contribution in [0.15, 0.2) is 23.6 Å². The second kappa shape index (κ2) is 5.92. The average Bonchev–Trinajstić information content (AvgIpc) is 2.82. The molecule has 0 aliphatic heterocycles. The molecule has 0 unspecified atom stereocenters. The third-order valence-electron chi connectivity index (χ3n) is 2.89. The fraction of sp³-hybridized carbons (Fsp3) is 0.286. The summed E-state index contributed by atoms with van der Waals surface area (Å²) in [6.07, 6.45) is 0. The maximum Gasteiger partial charge on any atom is 0.257 e. The second-order valence-corrected chi connectivity index (χ2v) is 5.51. The van der Waals surface area contributed by atoms with Crippen molar-refractivity contribution in [3.8, 4) is 5.75 Å². The van der Waals surface area contributed by atoms with E-state index in [1.807, 2.05) is 12.3 Å². The van der Waals surface area contributed by atoms with Gasteiger partial charge in [0.05, 0.1) is 35.6 Å². The minimum atomic E-state index is -0.139. The number of carbonyl (C=O) groups excluding carboxylic acids is 1. The molecule has 1 amide bonds. The molecule has 0 spiro atoms. The lowest BCUT2D eigenvalue weighted by Gasteiger charge is -2.18. The van der Waals surface area contributed by atoms with Crippen molar-refractivity contribution >= 4 is 22.9 Å². The van der Waals surface area contributed by atoms with E-state index in [0.29, 0.717) is 23.5 Å². The van der Waals surface area contributed by atoms with Gasteiger partial charge in [0, 0.05) is 12.4 Å². The third-order valence-corrected chi connectivity index (χ3v) is 3.71. The first-order valence-corrected chi connectivity index (χ1v) is 7.00. The van der Waals surface area contributed by atoms with Crippen molar-refractivity contribution in [3.05, 3.63) is 39.8 Å². The van der Waals surface area contributed by atoms with E-state index < -0.39 is 0 Å². The highest BCUT2D eigenvalue weighted by atomic mass is 32.1. The monoisotopic (exact) mass is 291 g/mol. The lowest BCUT2D eigenvalue weighted by atomic mass is 10.1. The summed E-state index contributed by atoms with van der Waals surface area (Å²) in [6, 6.07) is 5.16. The van der Waals surface area contributed by atoms with Crippen molar-refractivity contribution in [1.82, 2.24) is 9.88 Å². The molecule has 1 heterocycles. The van der Waals surface area contributed by atoms with Crippen LogP contribution in [0.2, 0.25) is 0 Å². The number of hydrogen-bond acceptors (Lipinski definition) is 5. The normalized spacial score (nSPS) is 10.3. The molecule has 0 aliphatic carbocycles. The number of rotatable bonds is 4. The largest absolute Gasteiger partial charge is 0.494 e. The molecule has 1 aromatic carbocycles. The number of thiazole rings is 1. The Bertz CT molecular complexity index is 625. The van der Waals surface area contributed by atoms with E-state index in [2.05, 4.69) is 4.98 Å². The number of para-hydroxylation sites is 1. The van der Waals surface area contributed by atoms with E-state index in [1.54, 1.807) is 41.5 Å². The lowest BCUT2D eigenvalue weighted by Crippen LogP contribution is -2.27. The fourth-order valence-corrected chi connectivity index (χ4v) is 2.56. The summed E-state index contributed by atoms with van der Waals surface area (Å²) in [6.45, 7) is 2.40.